The topological polar surface area (TPSA) is 51.5 Å². The maximum absolute atomic E-state index is 13.7. The van der Waals surface area contributed by atoms with Crippen LogP contribution in [0.4, 0.5) is 4.39 Å². The Morgan fingerprint density at radius 1 is 1.33 bits per heavy atom. The fourth-order valence-electron chi connectivity index (χ4n) is 3.97. The summed E-state index contributed by atoms with van der Waals surface area (Å²) in [7, 11) is 0. The third kappa shape index (κ3) is 4.16. The first-order chi connectivity index (χ1) is 14.5. The van der Waals surface area contributed by atoms with Crippen molar-refractivity contribution in [2.75, 3.05) is 19.7 Å². The van der Waals surface area contributed by atoms with Crippen molar-refractivity contribution in [1.82, 2.24) is 9.47 Å². The minimum absolute atomic E-state index is 0.115. The van der Waals surface area contributed by atoms with Crippen molar-refractivity contribution in [2.24, 2.45) is 5.92 Å². The number of carbonyl (C=O) groups is 2. The quantitative estimate of drug-likeness (QED) is 0.467. The van der Waals surface area contributed by atoms with Crippen LogP contribution in [0.25, 0.3) is 10.2 Å². The zero-order chi connectivity index (χ0) is 21.3. The lowest BCUT2D eigenvalue weighted by Crippen LogP contribution is -2.43. The lowest BCUT2D eigenvalue weighted by atomic mass is 9.98. The molecular weight excluding hydrogens is 471 g/mol. The van der Waals surface area contributed by atoms with Gasteiger partial charge in [-0.05, 0) is 59.5 Å². The van der Waals surface area contributed by atoms with E-state index >= 15 is 0 Å². The van der Waals surface area contributed by atoms with Crippen LogP contribution in [0.1, 0.15) is 35.8 Å². The third-order valence-corrected chi connectivity index (χ3v) is 7.18. The van der Waals surface area contributed by atoms with Crippen molar-refractivity contribution in [3.05, 3.63) is 57.3 Å². The molecule has 0 bridgehead atoms. The van der Waals surface area contributed by atoms with Crippen LogP contribution in [-0.2, 0) is 16.1 Å². The first-order valence-corrected chi connectivity index (χ1v) is 11.6. The maximum atomic E-state index is 13.7. The summed E-state index contributed by atoms with van der Waals surface area (Å²) >= 11 is 5.13. The molecule has 1 fully saturated rings. The fourth-order valence-corrected chi connectivity index (χ4v) is 5.66. The Labute approximate surface area is 186 Å². The number of carbonyl (C=O) groups excluding carboxylic acids is 2. The van der Waals surface area contributed by atoms with E-state index in [2.05, 4.69) is 15.9 Å². The average Bonchev–Trinajstić information content (AvgIpc) is 3.28. The zero-order valence-corrected chi connectivity index (χ0v) is 19.0. The van der Waals surface area contributed by atoms with E-state index in [1.54, 1.807) is 29.2 Å². The molecular formula is C22H22BrFN2O3S. The molecule has 0 N–H and O–H groups in total. The van der Waals surface area contributed by atoms with Gasteiger partial charge in [0.2, 0.25) is 0 Å². The minimum atomic E-state index is -0.304. The smallest absolute Gasteiger partial charge is 0.310 e. The molecule has 0 spiro atoms. The highest BCUT2D eigenvalue weighted by atomic mass is 79.9. The Bertz CT molecular complexity index is 1090. The summed E-state index contributed by atoms with van der Waals surface area (Å²) in [5.41, 5.74) is 2.25. The van der Waals surface area contributed by atoms with Crippen molar-refractivity contribution in [3.63, 3.8) is 0 Å². The fraction of sp³-hybridized carbons (Fsp3) is 0.364. The van der Waals surface area contributed by atoms with Gasteiger partial charge < -0.3 is 14.2 Å². The van der Waals surface area contributed by atoms with Crippen LogP contribution in [0.5, 0.6) is 0 Å². The molecule has 3 heterocycles. The molecule has 1 aromatic carbocycles. The Kier molecular flexibility index (Phi) is 6.24. The maximum Gasteiger partial charge on any atom is 0.310 e. The molecule has 0 aliphatic carbocycles. The molecule has 1 atom stereocenters. The van der Waals surface area contributed by atoms with Crippen molar-refractivity contribution < 1.29 is 18.7 Å². The summed E-state index contributed by atoms with van der Waals surface area (Å²) in [6.45, 7) is 3.47. The van der Waals surface area contributed by atoms with Gasteiger partial charge >= 0.3 is 5.97 Å². The van der Waals surface area contributed by atoms with Gasteiger partial charge in [-0.15, -0.1) is 11.3 Å². The normalized spacial score (nSPS) is 16.8. The summed E-state index contributed by atoms with van der Waals surface area (Å²) in [5, 5.41) is 1.98. The minimum Gasteiger partial charge on any atom is -0.466 e. The molecule has 8 heteroatoms. The van der Waals surface area contributed by atoms with Crippen LogP contribution in [0.15, 0.2) is 40.2 Å². The van der Waals surface area contributed by atoms with E-state index in [-0.39, 0.29) is 23.6 Å². The predicted octanol–water partition coefficient (Wildman–Crippen LogP) is 5.07. The second-order valence-electron chi connectivity index (χ2n) is 7.38. The number of halogens is 2. The molecule has 2 aromatic heterocycles. The SMILES string of the molecule is CCOC(=O)[C@H]1CCCN(C(=O)c2cc3scc(Br)c3n2Cc2cccc(F)c2)C1. The lowest BCUT2D eigenvalue weighted by molar-refractivity contribution is -0.149. The summed E-state index contributed by atoms with van der Waals surface area (Å²) in [6.07, 6.45) is 1.49. The van der Waals surface area contributed by atoms with Gasteiger partial charge in [-0.3, -0.25) is 9.59 Å². The average molecular weight is 493 g/mol. The lowest BCUT2D eigenvalue weighted by Gasteiger charge is -2.31. The monoisotopic (exact) mass is 492 g/mol. The molecule has 1 aliphatic heterocycles. The van der Waals surface area contributed by atoms with Gasteiger partial charge in [-0.25, -0.2) is 4.39 Å². The molecule has 0 unspecified atom stereocenters. The molecule has 0 radical (unpaired) electrons. The van der Waals surface area contributed by atoms with Crippen molar-refractivity contribution in [2.45, 2.75) is 26.3 Å². The third-order valence-electron chi connectivity index (χ3n) is 5.35. The van der Waals surface area contributed by atoms with Crippen LogP contribution in [-0.4, -0.2) is 41.0 Å². The number of fused-ring (bicyclic) bond motifs is 1. The van der Waals surface area contributed by atoms with Gasteiger partial charge in [0.15, 0.2) is 0 Å². The van der Waals surface area contributed by atoms with Crippen LogP contribution < -0.4 is 0 Å². The molecule has 1 amide bonds. The van der Waals surface area contributed by atoms with Gasteiger partial charge in [-0.1, -0.05) is 12.1 Å². The second-order valence-corrected chi connectivity index (χ2v) is 9.15. The van der Waals surface area contributed by atoms with E-state index in [1.807, 2.05) is 22.1 Å². The van der Waals surface area contributed by atoms with E-state index in [4.69, 9.17) is 4.74 Å². The number of amides is 1. The zero-order valence-electron chi connectivity index (χ0n) is 16.6. The first-order valence-electron chi connectivity index (χ1n) is 9.94. The summed E-state index contributed by atoms with van der Waals surface area (Å²) < 4.78 is 22.7. The number of nitrogens with zero attached hydrogens (tertiary/aromatic N) is 2. The Morgan fingerprint density at radius 2 is 2.17 bits per heavy atom. The van der Waals surface area contributed by atoms with Crippen LogP contribution in [0.3, 0.4) is 0 Å². The van der Waals surface area contributed by atoms with E-state index in [0.717, 1.165) is 33.1 Å². The van der Waals surface area contributed by atoms with E-state index in [9.17, 15) is 14.0 Å². The molecule has 1 aliphatic rings. The number of ether oxygens (including phenoxy) is 1. The Hall–Kier alpha value is -2.19. The molecule has 1 saturated heterocycles. The van der Waals surface area contributed by atoms with Gasteiger partial charge in [-0.2, -0.15) is 0 Å². The largest absolute Gasteiger partial charge is 0.466 e. The molecule has 5 nitrogen and oxygen atoms in total. The predicted molar refractivity (Wildman–Crippen MR) is 118 cm³/mol. The van der Waals surface area contributed by atoms with E-state index in [1.165, 1.54) is 12.1 Å². The van der Waals surface area contributed by atoms with Crippen molar-refractivity contribution in [3.8, 4) is 0 Å². The highest BCUT2D eigenvalue weighted by molar-refractivity contribution is 9.10. The number of aromatic nitrogens is 1. The number of hydrogen-bond acceptors (Lipinski definition) is 4. The van der Waals surface area contributed by atoms with Gasteiger partial charge in [0.25, 0.3) is 5.91 Å². The molecule has 158 valence electrons. The van der Waals surface area contributed by atoms with Crippen LogP contribution in [0, 0.1) is 11.7 Å². The number of piperidine rings is 1. The second kappa shape index (κ2) is 8.89. The van der Waals surface area contributed by atoms with E-state index in [0.29, 0.717) is 31.9 Å². The van der Waals surface area contributed by atoms with Crippen LogP contribution >= 0.6 is 27.3 Å². The van der Waals surface area contributed by atoms with Crippen molar-refractivity contribution in [1.29, 1.82) is 0 Å². The Morgan fingerprint density at radius 3 is 2.93 bits per heavy atom. The number of benzene rings is 1. The molecule has 0 saturated carbocycles. The number of likely N-dealkylation sites (tertiary alicyclic amines) is 1. The molecule has 3 aromatic rings. The highest BCUT2D eigenvalue weighted by Gasteiger charge is 2.31. The summed E-state index contributed by atoms with van der Waals surface area (Å²) in [5.74, 6) is -0.951. The molecule has 4 rings (SSSR count). The first kappa shape index (κ1) is 21.1. The van der Waals surface area contributed by atoms with Gasteiger partial charge in [0.05, 0.1) is 27.2 Å². The summed E-state index contributed by atoms with van der Waals surface area (Å²) in [4.78, 5) is 27.4. The number of thiophene rings is 1. The Balaban J connectivity index is 1.66. The van der Waals surface area contributed by atoms with E-state index < -0.39 is 0 Å². The summed E-state index contributed by atoms with van der Waals surface area (Å²) in [6, 6.07) is 8.30. The van der Waals surface area contributed by atoms with Gasteiger partial charge in [0, 0.05) is 25.0 Å². The standard InChI is InChI=1S/C22H22BrFN2O3S/c1-2-29-22(28)15-6-4-8-25(12-15)21(27)18-10-19-20(17(23)13-30-19)26(18)11-14-5-3-7-16(24)9-14/h3,5,7,9-10,13,15H,2,4,6,8,11-12H2,1H3/t15-/m0/s1. The number of esters is 1. The number of hydrogen-bond donors (Lipinski definition) is 0. The molecule has 30 heavy (non-hydrogen) atoms. The number of rotatable bonds is 5. The highest BCUT2D eigenvalue weighted by Crippen LogP contribution is 2.34. The van der Waals surface area contributed by atoms with Gasteiger partial charge in [0.1, 0.15) is 11.5 Å². The van der Waals surface area contributed by atoms with Crippen LogP contribution in [0.2, 0.25) is 0 Å². The van der Waals surface area contributed by atoms with Crippen molar-refractivity contribution >= 4 is 49.4 Å².